The van der Waals surface area contributed by atoms with Gasteiger partial charge in [-0.3, -0.25) is 4.98 Å². The van der Waals surface area contributed by atoms with Crippen molar-refractivity contribution in [2.75, 3.05) is 26.7 Å². The molecule has 114 valence electrons. The number of pyridine rings is 1. The summed E-state index contributed by atoms with van der Waals surface area (Å²) in [6.07, 6.45) is 6.31. The molecule has 0 saturated heterocycles. The second-order valence-electron chi connectivity index (χ2n) is 5.32. The minimum Gasteiger partial charge on any atom is -0.320 e. The smallest absolute Gasteiger partial charge is 0.179 e. The van der Waals surface area contributed by atoms with Gasteiger partial charge < -0.3 is 10.2 Å². The molecule has 1 aliphatic heterocycles. The number of aryl methyl sites for hydroxylation is 1. The highest BCUT2D eigenvalue weighted by atomic mass is 15.1. The first-order valence-electron chi connectivity index (χ1n) is 7.53. The van der Waals surface area contributed by atoms with E-state index in [-0.39, 0.29) is 0 Å². The van der Waals surface area contributed by atoms with E-state index in [4.69, 9.17) is 5.26 Å². The third kappa shape index (κ3) is 5.57. The molecular formula is C17H26N4. The second kappa shape index (κ2) is 9.15. The SMILES string of the molecule is CC1=C(c2ccc(C)nc2)CN(C#N)CC1.CCCNC. The molecule has 0 bridgehead atoms. The van der Waals surface area contributed by atoms with E-state index in [2.05, 4.69) is 36.4 Å². The van der Waals surface area contributed by atoms with Crippen LogP contribution in [0, 0.1) is 18.4 Å². The van der Waals surface area contributed by atoms with Crippen LogP contribution in [0.4, 0.5) is 0 Å². The van der Waals surface area contributed by atoms with E-state index in [0.717, 1.165) is 30.8 Å². The molecule has 0 spiro atoms. The van der Waals surface area contributed by atoms with Gasteiger partial charge in [0, 0.05) is 18.4 Å². The zero-order valence-corrected chi connectivity index (χ0v) is 13.6. The number of nitriles is 1. The number of nitrogens with one attached hydrogen (secondary N) is 1. The molecule has 0 aliphatic carbocycles. The van der Waals surface area contributed by atoms with Crippen molar-refractivity contribution in [3.05, 3.63) is 35.2 Å². The van der Waals surface area contributed by atoms with Crippen LogP contribution in [0.3, 0.4) is 0 Å². The van der Waals surface area contributed by atoms with Gasteiger partial charge in [0.1, 0.15) is 0 Å². The van der Waals surface area contributed by atoms with Gasteiger partial charge in [-0.1, -0.05) is 18.6 Å². The van der Waals surface area contributed by atoms with Crippen LogP contribution in [0.5, 0.6) is 0 Å². The monoisotopic (exact) mass is 286 g/mol. The first-order chi connectivity index (χ1) is 10.1. The quantitative estimate of drug-likeness (QED) is 0.868. The molecule has 0 saturated carbocycles. The van der Waals surface area contributed by atoms with Crippen LogP contribution in [0.25, 0.3) is 5.57 Å². The molecule has 1 aromatic rings. The van der Waals surface area contributed by atoms with Gasteiger partial charge in [0.25, 0.3) is 0 Å². The summed E-state index contributed by atoms with van der Waals surface area (Å²) >= 11 is 0. The van der Waals surface area contributed by atoms with Gasteiger partial charge in [0.05, 0.1) is 6.54 Å². The molecule has 2 rings (SSSR count). The van der Waals surface area contributed by atoms with Crippen molar-refractivity contribution >= 4 is 5.57 Å². The molecule has 4 nitrogen and oxygen atoms in total. The molecular weight excluding hydrogens is 260 g/mol. The Morgan fingerprint density at radius 2 is 2.14 bits per heavy atom. The zero-order chi connectivity index (χ0) is 15.7. The average Bonchev–Trinajstić information content (AvgIpc) is 2.50. The summed E-state index contributed by atoms with van der Waals surface area (Å²) in [5.74, 6) is 0. The van der Waals surface area contributed by atoms with Crippen LogP contribution in [0.1, 0.15) is 37.9 Å². The first kappa shape index (κ1) is 17.2. The molecule has 0 aromatic carbocycles. The molecule has 0 radical (unpaired) electrons. The van der Waals surface area contributed by atoms with Crippen molar-refractivity contribution in [2.45, 2.75) is 33.6 Å². The highest BCUT2D eigenvalue weighted by Gasteiger charge is 2.16. The zero-order valence-electron chi connectivity index (χ0n) is 13.6. The Hall–Kier alpha value is -1.86. The maximum Gasteiger partial charge on any atom is 0.179 e. The summed E-state index contributed by atoms with van der Waals surface area (Å²) in [7, 11) is 1.96. The number of hydrogen-bond donors (Lipinski definition) is 1. The average molecular weight is 286 g/mol. The van der Waals surface area contributed by atoms with E-state index >= 15 is 0 Å². The van der Waals surface area contributed by atoms with Crippen molar-refractivity contribution in [3.8, 4) is 6.19 Å². The van der Waals surface area contributed by atoms with Gasteiger partial charge >= 0.3 is 0 Å². The largest absolute Gasteiger partial charge is 0.320 e. The van der Waals surface area contributed by atoms with Crippen LogP contribution in [0.15, 0.2) is 23.9 Å². The third-order valence-corrected chi connectivity index (χ3v) is 3.52. The Kier molecular flexibility index (Phi) is 7.49. The number of rotatable bonds is 3. The molecule has 1 N–H and O–H groups in total. The van der Waals surface area contributed by atoms with Crippen molar-refractivity contribution in [1.29, 1.82) is 5.26 Å². The Bertz CT molecular complexity index is 495. The topological polar surface area (TPSA) is 52.0 Å². The maximum absolute atomic E-state index is 8.92. The number of aromatic nitrogens is 1. The summed E-state index contributed by atoms with van der Waals surface area (Å²) in [5, 5.41) is 11.9. The van der Waals surface area contributed by atoms with Gasteiger partial charge in [-0.05, 0) is 57.5 Å². The summed E-state index contributed by atoms with van der Waals surface area (Å²) in [5.41, 5.74) is 4.79. The predicted molar refractivity (Wildman–Crippen MR) is 87.6 cm³/mol. The second-order valence-corrected chi connectivity index (χ2v) is 5.32. The number of hydrogen-bond acceptors (Lipinski definition) is 4. The fourth-order valence-electron chi connectivity index (χ4n) is 2.18. The van der Waals surface area contributed by atoms with E-state index in [1.165, 1.54) is 17.6 Å². The van der Waals surface area contributed by atoms with Crippen molar-refractivity contribution < 1.29 is 0 Å². The van der Waals surface area contributed by atoms with E-state index in [0.29, 0.717) is 6.54 Å². The van der Waals surface area contributed by atoms with Crippen molar-refractivity contribution in [1.82, 2.24) is 15.2 Å². The predicted octanol–water partition coefficient (Wildman–Crippen LogP) is 2.97. The molecule has 0 atom stereocenters. The third-order valence-electron chi connectivity index (χ3n) is 3.52. The van der Waals surface area contributed by atoms with E-state index in [9.17, 15) is 0 Å². The molecule has 0 unspecified atom stereocenters. The van der Waals surface area contributed by atoms with Gasteiger partial charge in [-0.15, -0.1) is 0 Å². The highest BCUT2D eigenvalue weighted by Crippen LogP contribution is 2.25. The Labute approximate surface area is 128 Å². The minimum atomic E-state index is 0.715. The standard InChI is InChI=1S/C13H15N3.C4H11N/c1-10-5-6-16(9-14)8-13(10)12-4-3-11(2)15-7-12;1-3-4-5-2/h3-4,7H,5-6,8H2,1-2H3;5H,3-4H2,1-2H3. The fourth-order valence-corrected chi connectivity index (χ4v) is 2.18. The fraction of sp³-hybridized carbons (Fsp3) is 0.529. The Morgan fingerprint density at radius 3 is 2.62 bits per heavy atom. The van der Waals surface area contributed by atoms with Crippen LogP contribution >= 0.6 is 0 Å². The minimum absolute atomic E-state index is 0.715. The lowest BCUT2D eigenvalue weighted by molar-refractivity contribution is 0.426. The molecule has 0 fully saturated rings. The Balaban J connectivity index is 0.000000383. The molecule has 2 heterocycles. The molecule has 0 amide bonds. The summed E-state index contributed by atoms with van der Waals surface area (Å²) < 4.78 is 0. The van der Waals surface area contributed by atoms with Crippen LogP contribution in [0.2, 0.25) is 0 Å². The van der Waals surface area contributed by atoms with Crippen LogP contribution < -0.4 is 5.32 Å². The maximum atomic E-state index is 8.92. The lowest BCUT2D eigenvalue weighted by Gasteiger charge is -2.25. The Morgan fingerprint density at radius 1 is 1.38 bits per heavy atom. The molecule has 4 heteroatoms. The lowest BCUT2D eigenvalue weighted by atomic mass is 9.96. The van der Waals surface area contributed by atoms with E-state index < -0.39 is 0 Å². The van der Waals surface area contributed by atoms with Crippen molar-refractivity contribution in [2.24, 2.45) is 0 Å². The number of nitrogens with zero attached hydrogens (tertiary/aromatic N) is 3. The summed E-state index contributed by atoms with van der Waals surface area (Å²) in [6.45, 7) is 8.96. The molecule has 1 aliphatic rings. The molecule has 1 aromatic heterocycles. The van der Waals surface area contributed by atoms with Crippen molar-refractivity contribution in [3.63, 3.8) is 0 Å². The molecule has 21 heavy (non-hydrogen) atoms. The van der Waals surface area contributed by atoms with E-state index in [1.54, 1.807) is 4.90 Å². The summed E-state index contributed by atoms with van der Waals surface area (Å²) in [4.78, 5) is 6.10. The van der Waals surface area contributed by atoms with Gasteiger partial charge in [0.15, 0.2) is 6.19 Å². The summed E-state index contributed by atoms with van der Waals surface area (Å²) in [6, 6.07) is 4.10. The van der Waals surface area contributed by atoms with Gasteiger partial charge in [-0.25, -0.2) is 0 Å². The van der Waals surface area contributed by atoms with Gasteiger partial charge in [-0.2, -0.15) is 5.26 Å². The lowest BCUT2D eigenvalue weighted by Crippen LogP contribution is -2.26. The van der Waals surface area contributed by atoms with E-state index in [1.807, 2.05) is 26.2 Å². The van der Waals surface area contributed by atoms with Crippen LogP contribution in [-0.2, 0) is 0 Å². The van der Waals surface area contributed by atoms with Crippen LogP contribution in [-0.4, -0.2) is 36.6 Å². The highest BCUT2D eigenvalue weighted by molar-refractivity contribution is 5.70. The van der Waals surface area contributed by atoms with Gasteiger partial charge in [0.2, 0.25) is 0 Å². The first-order valence-corrected chi connectivity index (χ1v) is 7.53. The normalized spacial score (nSPS) is 14.3.